The van der Waals surface area contributed by atoms with Crippen molar-refractivity contribution in [2.75, 3.05) is 6.54 Å². The van der Waals surface area contributed by atoms with E-state index in [1.165, 1.54) is 19.3 Å². The molecule has 0 radical (unpaired) electrons. The van der Waals surface area contributed by atoms with Crippen LogP contribution in [0.3, 0.4) is 0 Å². The molecule has 0 aliphatic heterocycles. The molecule has 0 aromatic rings. The molecule has 0 heterocycles. The zero-order chi connectivity index (χ0) is 11.9. The van der Waals surface area contributed by atoms with Gasteiger partial charge in [-0.15, -0.1) is 0 Å². The van der Waals surface area contributed by atoms with Gasteiger partial charge >= 0.3 is 0 Å². The molecule has 0 fully saturated rings. The van der Waals surface area contributed by atoms with Crippen LogP contribution in [0, 0.1) is 5.41 Å². The summed E-state index contributed by atoms with van der Waals surface area (Å²) in [7, 11) is 0. The number of hydrogen-bond acceptors (Lipinski definition) is 2. The van der Waals surface area contributed by atoms with Gasteiger partial charge < -0.3 is 11.1 Å². The average molecular weight is 214 g/mol. The van der Waals surface area contributed by atoms with E-state index in [-0.39, 0.29) is 11.3 Å². The topological polar surface area (TPSA) is 55.1 Å². The van der Waals surface area contributed by atoms with Crippen LogP contribution in [0.25, 0.3) is 0 Å². The number of carbonyl (C=O) groups excluding carboxylic acids is 1. The van der Waals surface area contributed by atoms with Gasteiger partial charge in [-0.3, -0.25) is 4.79 Å². The minimum atomic E-state index is -0.413. The van der Waals surface area contributed by atoms with Crippen molar-refractivity contribution in [1.82, 2.24) is 5.32 Å². The Bertz CT molecular complexity index is 185. The smallest absolute Gasteiger partial charge is 0.237 e. The predicted octanol–water partition coefficient (Wildman–Crippen LogP) is 2.06. The molecule has 0 aliphatic carbocycles. The van der Waals surface area contributed by atoms with Crippen LogP contribution in [0.4, 0.5) is 0 Å². The lowest BCUT2D eigenvalue weighted by Crippen LogP contribution is -2.48. The molecular formula is C12H26N2O. The van der Waals surface area contributed by atoms with E-state index in [0.29, 0.717) is 0 Å². The van der Waals surface area contributed by atoms with Crippen LogP contribution in [0.5, 0.6) is 0 Å². The zero-order valence-electron chi connectivity index (χ0n) is 10.6. The Labute approximate surface area is 93.8 Å². The van der Waals surface area contributed by atoms with E-state index in [9.17, 15) is 4.79 Å². The summed E-state index contributed by atoms with van der Waals surface area (Å²) in [6.07, 6.45) is 4.69. The average Bonchev–Trinajstić information content (AvgIpc) is 2.14. The van der Waals surface area contributed by atoms with E-state index in [1.807, 2.05) is 20.8 Å². The van der Waals surface area contributed by atoms with Crippen molar-refractivity contribution in [2.45, 2.75) is 59.4 Å². The summed E-state index contributed by atoms with van der Waals surface area (Å²) >= 11 is 0. The summed E-state index contributed by atoms with van der Waals surface area (Å²) in [5, 5.41) is 2.88. The van der Waals surface area contributed by atoms with E-state index in [2.05, 4.69) is 12.2 Å². The third-order valence-electron chi connectivity index (χ3n) is 2.55. The van der Waals surface area contributed by atoms with E-state index in [1.54, 1.807) is 0 Å². The highest BCUT2D eigenvalue weighted by Crippen LogP contribution is 2.17. The molecule has 0 saturated heterocycles. The molecule has 3 heteroatoms. The summed E-state index contributed by atoms with van der Waals surface area (Å²) < 4.78 is 0. The number of carbonyl (C=O) groups is 1. The molecule has 3 N–H and O–H groups in total. The number of hydrogen-bond donors (Lipinski definition) is 2. The second kappa shape index (κ2) is 6.83. The Balaban J connectivity index is 3.66. The quantitative estimate of drug-likeness (QED) is 0.665. The monoisotopic (exact) mass is 214 g/mol. The molecule has 0 unspecified atom stereocenters. The molecule has 3 nitrogen and oxygen atoms in total. The van der Waals surface area contributed by atoms with E-state index < -0.39 is 6.04 Å². The zero-order valence-corrected chi connectivity index (χ0v) is 10.6. The van der Waals surface area contributed by atoms with Crippen LogP contribution >= 0.6 is 0 Å². The van der Waals surface area contributed by atoms with Crippen LogP contribution in [0.15, 0.2) is 0 Å². The van der Waals surface area contributed by atoms with Gasteiger partial charge in [0.25, 0.3) is 0 Å². The second-order valence-electron chi connectivity index (χ2n) is 5.20. The van der Waals surface area contributed by atoms with Gasteiger partial charge in [-0.05, 0) is 11.8 Å². The summed E-state index contributed by atoms with van der Waals surface area (Å²) in [5.74, 6) is -0.0287. The van der Waals surface area contributed by atoms with Gasteiger partial charge in [-0.2, -0.15) is 0 Å². The molecule has 0 rings (SSSR count). The summed E-state index contributed by atoms with van der Waals surface area (Å²) in [6, 6.07) is -0.413. The Kier molecular flexibility index (Phi) is 6.57. The number of unbranched alkanes of at least 4 members (excludes halogenated alkanes) is 3. The van der Waals surface area contributed by atoms with Crippen LogP contribution in [-0.4, -0.2) is 18.5 Å². The molecule has 15 heavy (non-hydrogen) atoms. The maximum atomic E-state index is 11.6. The minimum Gasteiger partial charge on any atom is -0.355 e. The third-order valence-corrected chi connectivity index (χ3v) is 2.55. The number of nitrogens with one attached hydrogen (secondary N) is 1. The first-order chi connectivity index (χ1) is 6.89. The fourth-order valence-corrected chi connectivity index (χ4v) is 1.27. The Morgan fingerprint density at radius 2 is 1.87 bits per heavy atom. The molecule has 0 aliphatic rings. The second-order valence-corrected chi connectivity index (χ2v) is 5.20. The molecule has 0 aromatic heterocycles. The van der Waals surface area contributed by atoms with Gasteiger partial charge in [-0.25, -0.2) is 0 Å². The molecule has 90 valence electrons. The van der Waals surface area contributed by atoms with E-state index in [0.717, 1.165) is 13.0 Å². The Morgan fingerprint density at radius 1 is 1.27 bits per heavy atom. The number of amides is 1. The normalized spacial score (nSPS) is 13.7. The molecule has 0 bridgehead atoms. The van der Waals surface area contributed by atoms with E-state index >= 15 is 0 Å². The van der Waals surface area contributed by atoms with Crippen molar-refractivity contribution < 1.29 is 4.79 Å². The fourth-order valence-electron chi connectivity index (χ4n) is 1.27. The molecule has 1 atom stereocenters. The summed E-state index contributed by atoms with van der Waals surface area (Å²) in [6.45, 7) is 8.87. The predicted molar refractivity (Wildman–Crippen MR) is 64.6 cm³/mol. The SMILES string of the molecule is CCCCCCNC(=O)[C@@H](N)C(C)(C)C. The van der Waals surface area contributed by atoms with Gasteiger partial charge in [-0.1, -0.05) is 47.0 Å². The minimum absolute atomic E-state index is 0.0287. The van der Waals surface area contributed by atoms with Gasteiger partial charge in [0.15, 0.2) is 0 Å². The van der Waals surface area contributed by atoms with Crippen LogP contribution < -0.4 is 11.1 Å². The maximum absolute atomic E-state index is 11.6. The standard InChI is InChI=1S/C12H26N2O/c1-5-6-7-8-9-14-11(15)10(13)12(2,3)4/h10H,5-9,13H2,1-4H3,(H,14,15)/t10-/m1/s1. The molecule has 0 spiro atoms. The van der Waals surface area contributed by atoms with E-state index in [4.69, 9.17) is 5.73 Å². The highest BCUT2D eigenvalue weighted by molar-refractivity contribution is 5.82. The molecular weight excluding hydrogens is 188 g/mol. The van der Waals surface area contributed by atoms with Crippen molar-refractivity contribution >= 4 is 5.91 Å². The maximum Gasteiger partial charge on any atom is 0.237 e. The van der Waals surface area contributed by atoms with Crippen molar-refractivity contribution in [3.05, 3.63) is 0 Å². The van der Waals surface area contributed by atoms with Crippen molar-refractivity contribution in [3.8, 4) is 0 Å². The lowest BCUT2D eigenvalue weighted by atomic mass is 9.87. The fraction of sp³-hybridized carbons (Fsp3) is 0.917. The lowest BCUT2D eigenvalue weighted by molar-refractivity contribution is -0.124. The summed E-state index contributed by atoms with van der Waals surface area (Å²) in [4.78, 5) is 11.6. The van der Waals surface area contributed by atoms with Gasteiger partial charge in [0, 0.05) is 6.54 Å². The lowest BCUT2D eigenvalue weighted by Gasteiger charge is -2.25. The Hall–Kier alpha value is -0.570. The number of rotatable bonds is 6. The molecule has 0 aromatic carbocycles. The first-order valence-corrected chi connectivity index (χ1v) is 5.93. The van der Waals surface area contributed by atoms with Crippen LogP contribution in [0.1, 0.15) is 53.4 Å². The first kappa shape index (κ1) is 14.4. The van der Waals surface area contributed by atoms with Crippen LogP contribution in [0.2, 0.25) is 0 Å². The molecule has 1 amide bonds. The largest absolute Gasteiger partial charge is 0.355 e. The number of nitrogens with two attached hydrogens (primary N) is 1. The van der Waals surface area contributed by atoms with Gasteiger partial charge in [0.05, 0.1) is 6.04 Å². The van der Waals surface area contributed by atoms with Crippen molar-refractivity contribution in [1.29, 1.82) is 0 Å². The van der Waals surface area contributed by atoms with Gasteiger partial charge in [0.2, 0.25) is 5.91 Å². The summed E-state index contributed by atoms with van der Waals surface area (Å²) in [5.41, 5.74) is 5.66. The molecule has 0 saturated carbocycles. The van der Waals surface area contributed by atoms with Crippen molar-refractivity contribution in [2.24, 2.45) is 11.1 Å². The highest BCUT2D eigenvalue weighted by Gasteiger charge is 2.26. The van der Waals surface area contributed by atoms with Gasteiger partial charge in [0.1, 0.15) is 0 Å². The van der Waals surface area contributed by atoms with Crippen molar-refractivity contribution in [3.63, 3.8) is 0 Å². The first-order valence-electron chi connectivity index (χ1n) is 5.93. The van der Waals surface area contributed by atoms with Crippen LogP contribution in [-0.2, 0) is 4.79 Å². The third kappa shape index (κ3) is 6.50. The Morgan fingerprint density at radius 3 is 2.33 bits per heavy atom. The highest BCUT2D eigenvalue weighted by atomic mass is 16.2.